The van der Waals surface area contributed by atoms with Gasteiger partial charge in [0, 0.05) is 13.2 Å². The Morgan fingerprint density at radius 1 is 1.35 bits per heavy atom. The third kappa shape index (κ3) is 7.17. The fourth-order valence-electron chi connectivity index (χ4n) is 1.48. The number of nitrogens with one attached hydrogen (secondary N) is 1. The number of carbonyl (C=O) groups excluding carboxylic acids is 1. The summed E-state index contributed by atoms with van der Waals surface area (Å²) in [6.45, 7) is -0.0406. The monoisotopic (exact) mass is 255 g/mol. The second kappa shape index (κ2) is 6.80. The van der Waals surface area contributed by atoms with Gasteiger partial charge in [-0.1, -0.05) is 0 Å². The average molecular weight is 255 g/mol. The number of esters is 1. The van der Waals surface area contributed by atoms with Gasteiger partial charge in [0.05, 0.1) is 19.7 Å². The Bertz CT molecular complexity index is 239. The van der Waals surface area contributed by atoms with E-state index in [1.807, 2.05) is 5.32 Å². The fraction of sp³-hybridized carbons (Fsp3) is 0.900. The van der Waals surface area contributed by atoms with Gasteiger partial charge in [-0.25, -0.2) is 0 Å². The van der Waals surface area contributed by atoms with Gasteiger partial charge in [0.2, 0.25) is 0 Å². The molecule has 1 aliphatic heterocycles. The van der Waals surface area contributed by atoms with Crippen LogP contribution < -0.4 is 5.32 Å². The zero-order valence-corrected chi connectivity index (χ0v) is 9.39. The highest BCUT2D eigenvalue weighted by Crippen LogP contribution is 2.14. The van der Waals surface area contributed by atoms with Crippen molar-refractivity contribution in [2.75, 3.05) is 32.9 Å². The molecule has 0 bridgehead atoms. The minimum absolute atomic E-state index is 0.260. The van der Waals surface area contributed by atoms with Gasteiger partial charge in [-0.3, -0.25) is 10.1 Å². The van der Waals surface area contributed by atoms with Crippen LogP contribution in [0.25, 0.3) is 0 Å². The standard InChI is InChI=1S/C10H16F3NO3/c11-10(12,13)7-14-5-9(15)17-6-8-1-3-16-4-2-8/h8,14H,1-7H2. The molecule has 1 fully saturated rings. The van der Waals surface area contributed by atoms with Crippen molar-refractivity contribution in [1.82, 2.24) is 5.32 Å². The lowest BCUT2D eigenvalue weighted by atomic mass is 10.0. The molecule has 1 N–H and O–H groups in total. The topological polar surface area (TPSA) is 47.6 Å². The Hall–Kier alpha value is -0.820. The Kier molecular flexibility index (Phi) is 5.70. The van der Waals surface area contributed by atoms with Gasteiger partial charge in [0.25, 0.3) is 0 Å². The summed E-state index contributed by atoms with van der Waals surface area (Å²) in [5.74, 6) is -0.393. The molecule has 0 unspecified atom stereocenters. The highest BCUT2D eigenvalue weighted by atomic mass is 19.4. The van der Waals surface area contributed by atoms with Crippen molar-refractivity contribution in [3.8, 4) is 0 Å². The summed E-state index contributed by atoms with van der Waals surface area (Å²) in [6, 6.07) is 0. The Morgan fingerprint density at radius 2 is 2.00 bits per heavy atom. The molecule has 1 aliphatic rings. The summed E-state index contributed by atoms with van der Waals surface area (Å²) >= 11 is 0. The zero-order chi connectivity index (χ0) is 12.7. The van der Waals surface area contributed by atoms with Crippen molar-refractivity contribution in [2.45, 2.75) is 19.0 Å². The Labute approximate surface area is 97.5 Å². The Morgan fingerprint density at radius 3 is 2.59 bits per heavy atom. The van der Waals surface area contributed by atoms with E-state index < -0.39 is 25.2 Å². The molecule has 0 aliphatic carbocycles. The van der Waals surface area contributed by atoms with Crippen molar-refractivity contribution in [3.63, 3.8) is 0 Å². The van der Waals surface area contributed by atoms with Crippen LogP contribution in [0.1, 0.15) is 12.8 Å². The van der Waals surface area contributed by atoms with E-state index in [9.17, 15) is 18.0 Å². The van der Waals surface area contributed by atoms with E-state index in [-0.39, 0.29) is 12.5 Å². The number of carbonyl (C=O) groups is 1. The fourth-order valence-corrected chi connectivity index (χ4v) is 1.48. The number of ether oxygens (including phenoxy) is 2. The first-order chi connectivity index (χ1) is 7.97. The maximum atomic E-state index is 11.8. The van der Waals surface area contributed by atoms with Crippen molar-refractivity contribution in [1.29, 1.82) is 0 Å². The number of halogens is 3. The summed E-state index contributed by atoms with van der Waals surface area (Å²) < 4.78 is 45.3. The maximum Gasteiger partial charge on any atom is 0.401 e. The summed E-state index contributed by atoms with van der Waals surface area (Å²) in [5, 5.41) is 1.99. The predicted octanol–water partition coefficient (Wildman–Crippen LogP) is 1.11. The number of hydrogen-bond donors (Lipinski definition) is 1. The van der Waals surface area contributed by atoms with Gasteiger partial charge in [-0.15, -0.1) is 0 Å². The number of alkyl halides is 3. The van der Waals surface area contributed by atoms with Gasteiger partial charge in [0.15, 0.2) is 0 Å². The van der Waals surface area contributed by atoms with Crippen LogP contribution in [-0.4, -0.2) is 45.1 Å². The van der Waals surface area contributed by atoms with Crippen LogP contribution in [0.5, 0.6) is 0 Å². The molecular weight excluding hydrogens is 239 g/mol. The van der Waals surface area contributed by atoms with E-state index in [0.717, 1.165) is 12.8 Å². The first-order valence-electron chi connectivity index (χ1n) is 5.48. The third-order valence-corrected chi connectivity index (χ3v) is 2.42. The molecule has 0 aromatic carbocycles. The molecule has 4 nitrogen and oxygen atoms in total. The zero-order valence-electron chi connectivity index (χ0n) is 9.39. The van der Waals surface area contributed by atoms with Gasteiger partial charge in [-0.2, -0.15) is 13.2 Å². The van der Waals surface area contributed by atoms with E-state index in [1.165, 1.54) is 0 Å². The molecular formula is C10H16F3NO3. The summed E-state index contributed by atoms with van der Waals surface area (Å²) in [7, 11) is 0. The smallest absolute Gasteiger partial charge is 0.401 e. The van der Waals surface area contributed by atoms with Crippen LogP contribution in [0.4, 0.5) is 13.2 Å². The summed E-state index contributed by atoms with van der Waals surface area (Å²) in [6.07, 6.45) is -2.66. The number of rotatable bonds is 5. The molecule has 0 spiro atoms. The molecule has 0 aromatic rings. The molecule has 0 amide bonds. The highest BCUT2D eigenvalue weighted by Gasteiger charge is 2.26. The molecule has 100 valence electrons. The highest BCUT2D eigenvalue weighted by molar-refractivity contribution is 5.71. The van der Waals surface area contributed by atoms with E-state index in [4.69, 9.17) is 9.47 Å². The molecule has 1 saturated heterocycles. The van der Waals surface area contributed by atoms with Crippen LogP contribution in [0, 0.1) is 5.92 Å². The van der Waals surface area contributed by atoms with Crippen LogP contribution in [-0.2, 0) is 14.3 Å². The van der Waals surface area contributed by atoms with Crippen LogP contribution in [0.3, 0.4) is 0 Å². The summed E-state index contributed by atoms with van der Waals surface area (Å²) in [4.78, 5) is 11.1. The summed E-state index contributed by atoms with van der Waals surface area (Å²) in [5.41, 5.74) is 0. The van der Waals surface area contributed by atoms with E-state index >= 15 is 0 Å². The first kappa shape index (κ1) is 14.2. The molecule has 0 radical (unpaired) electrons. The third-order valence-electron chi connectivity index (χ3n) is 2.42. The molecule has 1 rings (SSSR count). The molecule has 0 atom stereocenters. The Balaban J connectivity index is 2.04. The predicted molar refractivity (Wildman–Crippen MR) is 53.4 cm³/mol. The van der Waals surface area contributed by atoms with Gasteiger partial charge < -0.3 is 9.47 Å². The van der Waals surface area contributed by atoms with Crippen molar-refractivity contribution < 1.29 is 27.4 Å². The quantitative estimate of drug-likeness (QED) is 0.747. The lowest BCUT2D eigenvalue weighted by molar-refractivity contribution is -0.146. The second-order valence-electron chi connectivity index (χ2n) is 3.96. The van der Waals surface area contributed by atoms with Crippen LogP contribution in [0.2, 0.25) is 0 Å². The van der Waals surface area contributed by atoms with E-state index in [1.54, 1.807) is 0 Å². The minimum atomic E-state index is -4.30. The maximum absolute atomic E-state index is 11.8. The van der Waals surface area contributed by atoms with E-state index in [2.05, 4.69) is 0 Å². The lowest BCUT2D eigenvalue weighted by Gasteiger charge is -2.21. The van der Waals surface area contributed by atoms with Gasteiger partial charge in [0.1, 0.15) is 0 Å². The minimum Gasteiger partial charge on any atom is -0.464 e. The van der Waals surface area contributed by atoms with Crippen molar-refractivity contribution in [2.24, 2.45) is 5.92 Å². The normalized spacial score (nSPS) is 18.1. The van der Waals surface area contributed by atoms with Crippen LogP contribution in [0.15, 0.2) is 0 Å². The van der Waals surface area contributed by atoms with E-state index in [0.29, 0.717) is 13.2 Å². The lowest BCUT2D eigenvalue weighted by Crippen LogP contribution is -2.34. The van der Waals surface area contributed by atoms with Gasteiger partial charge >= 0.3 is 12.1 Å². The molecule has 17 heavy (non-hydrogen) atoms. The number of hydrogen-bond acceptors (Lipinski definition) is 4. The first-order valence-corrected chi connectivity index (χ1v) is 5.48. The van der Waals surface area contributed by atoms with Gasteiger partial charge in [-0.05, 0) is 18.8 Å². The SMILES string of the molecule is O=C(CNCC(F)(F)F)OCC1CCOCC1. The molecule has 0 aromatic heterocycles. The largest absolute Gasteiger partial charge is 0.464 e. The molecule has 1 heterocycles. The molecule has 7 heteroatoms. The van der Waals surface area contributed by atoms with Crippen LogP contribution >= 0.6 is 0 Å². The second-order valence-corrected chi connectivity index (χ2v) is 3.96. The van der Waals surface area contributed by atoms with Crippen molar-refractivity contribution in [3.05, 3.63) is 0 Å². The molecule has 0 saturated carbocycles. The average Bonchev–Trinajstić information content (AvgIpc) is 2.26. The van der Waals surface area contributed by atoms with Crippen molar-refractivity contribution >= 4 is 5.97 Å².